The molecule has 0 aliphatic heterocycles. The SMILES string of the molecule is Cc1cc(-c2ccccc2)ccc1N(c1ccc(-c2ccc(-c3cccc4ccccc34)cc2)cc1)c1ccc(-c2ccccc2)cc1C. The Morgan fingerprint density at radius 2 is 0.755 bits per heavy atom. The molecular weight excluding hydrogens is 591 g/mol. The summed E-state index contributed by atoms with van der Waals surface area (Å²) in [5.41, 5.74) is 15.7. The first-order valence-electron chi connectivity index (χ1n) is 16.9. The quantitative estimate of drug-likeness (QED) is 0.170. The van der Waals surface area contributed by atoms with E-state index in [9.17, 15) is 0 Å². The second-order valence-corrected chi connectivity index (χ2v) is 12.7. The number of hydrogen-bond acceptors (Lipinski definition) is 1. The van der Waals surface area contributed by atoms with E-state index in [4.69, 9.17) is 0 Å². The molecule has 8 aromatic carbocycles. The van der Waals surface area contributed by atoms with Gasteiger partial charge in [-0.15, -0.1) is 0 Å². The van der Waals surface area contributed by atoms with E-state index in [0.29, 0.717) is 0 Å². The molecule has 0 aromatic heterocycles. The van der Waals surface area contributed by atoms with Crippen molar-refractivity contribution in [3.8, 4) is 44.5 Å². The summed E-state index contributed by atoms with van der Waals surface area (Å²) in [6.45, 7) is 4.43. The Labute approximate surface area is 289 Å². The second-order valence-electron chi connectivity index (χ2n) is 12.7. The Kier molecular flexibility index (Phi) is 8.09. The summed E-state index contributed by atoms with van der Waals surface area (Å²) < 4.78 is 0. The predicted octanol–water partition coefficient (Wildman–Crippen LogP) is 13.6. The molecule has 8 rings (SSSR count). The fourth-order valence-electron chi connectivity index (χ4n) is 6.96. The number of benzene rings is 8. The summed E-state index contributed by atoms with van der Waals surface area (Å²) >= 11 is 0. The third kappa shape index (κ3) is 6.04. The second kappa shape index (κ2) is 13.1. The predicted molar refractivity (Wildman–Crippen MR) is 210 cm³/mol. The van der Waals surface area contributed by atoms with E-state index in [0.717, 1.165) is 5.69 Å². The molecule has 0 bridgehead atoms. The zero-order chi connectivity index (χ0) is 33.2. The summed E-state index contributed by atoms with van der Waals surface area (Å²) in [6.07, 6.45) is 0. The van der Waals surface area contributed by atoms with Crippen molar-refractivity contribution in [2.75, 3.05) is 4.90 Å². The zero-order valence-corrected chi connectivity index (χ0v) is 27.8. The van der Waals surface area contributed by atoms with Gasteiger partial charge in [0.15, 0.2) is 0 Å². The van der Waals surface area contributed by atoms with Crippen LogP contribution in [0, 0.1) is 13.8 Å². The Hall–Kier alpha value is -6.18. The molecule has 234 valence electrons. The van der Waals surface area contributed by atoms with E-state index in [1.807, 2.05) is 0 Å². The van der Waals surface area contributed by atoms with Crippen LogP contribution in [0.5, 0.6) is 0 Å². The van der Waals surface area contributed by atoms with Crippen LogP contribution < -0.4 is 4.90 Å². The van der Waals surface area contributed by atoms with Crippen LogP contribution in [0.15, 0.2) is 188 Å². The van der Waals surface area contributed by atoms with Crippen molar-refractivity contribution >= 4 is 27.8 Å². The van der Waals surface area contributed by atoms with Crippen molar-refractivity contribution in [1.29, 1.82) is 0 Å². The maximum absolute atomic E-state index is 2.40. The molecule has 1 heteroatoms. The molecule has 0 N–H and O–H groups in total. The number of hydrogen-bond donors (Lipinski definition) is 0. The van der Waals surface area contributed by atoms with Crippen LogP contribution in [-0.2, 0) is 0 Å². The van der Waals surface area contributed by atoms with Gasteiger partial charge in [0.05, 0.1) is 0 Å². The number of aryl methyl sites for hydroxylation is 2. The van der Waals surface area contributed by atoms with Gasteiger partial charge in [-0.1, -0.05) is 152 Å². The molecule has 8 aromatic rings. The van der Waals surface area contributed by atoms with Gasteiger partial charge in [0, 0.05) is 17.1 Å². The van der Waals surface area contributed by atoms with E-state index in [-0.39, 0.29) is 0 Å². The minimum absolute atomic E-state index is 1.13. The smallest absolute Gasteiger partial charge is 0.0491 e. The van der Waals surface area contributed by atoms with Crippen LogP contribution in [0.1, 0.15) is 11.1 Å². The molecule has 0 unspecified atom stereocenters. The van der Waals surface area contributed by atoms with Gasteiger partial charge in [-0.2, -0.15) is 0 Å². The van der Waals surface area contributed by atoms with Crippen LogP contribution in [0.2, 0.25) is 0 Å². The normalized spacial score (nSPS) is 11.1. The van der Waals surface area contributed by atoms with E-state index in [1.54, 1.807) is 0 Å². The molecule has 0 amide bonds. The fraction of sp³-hybridized carbons (Fsp3) is 0.0417. The Morgan fingerprint density at radius 1 is 0.327 bits per heavy atom. The summed E-state index contributed by atoms with van der Waals surface area (Å²) in [5, 5.41) is 2.54. The van der Waals surface area contributed by atoms with Crippen molar-refractivity contribution in [1.82, 2.24) is 0 Å². The number of nitrogens with zero attached hydrogens (tertiary/aromatic N) is 1. The largest absolute Gasteiger partial charge is 0.310 e. The molecule has 0 aliphatic carbocycles. The highest BCUT2D eigenvalue weighted by Crippen LogP contribution is 2.41. The minimum Gasteiger partial charge on any atom is -0.310 e. The average molecular weight is 628 g/mol. The van der Waals surface area contributed by atoms with Crippen LogP contribution in [-0.4, -0.2) is 0 Å². The van der Waals surface area contributed by atoms with Gasteiger partial charge >= 0.3 is 0 Å². The maximum atomic E-state index is 2.40. The number of rotatable bonds is 7. The van der Waals surface area contributed by atoms with Crippen molar-refractivity contribution in [2.24, 2.45) is 0 Å². The third-order valence-electron chi connectivity index (χ3n) is 9.53. The molecule has 0 spiro atoms. The third-order valence-corrected chi connectivity index (χ3v) is 9.53. The van der Waals surface area contributed by atoms with Gasteiger partial charge in [-0.25, -0.2) is 0 Å². The zero-order valence-electron chi connectivity index (χ0n) is 27.8. The van der Waals surface area contributed by atoms with Gasteiger partial charge in [-0.05, 0) is 117 Å². The first kappa shape index (κ1) is 30.2. The van der Waals surface area contributed by atoms with E-state index >= 15 is 0 Å². The first-order valence-corrected chi connectivity index (χ1v) is 16.9. The van der Waals surface area contributed by atoms with Gasteiger partial charge in [0.25, 0.3) is 0 Å². The minimum atomic E-state index is 1.13. The molecule has 1 nitrogen and oxygen atoms in total. The fourth-order valence-corrected chi connectivity index (χ4v) is 6.96. The Morgan fingerprint density at radius 3 is 1.31 bits per heavy atom. The van der Waals surface area contributed by atoms with Crippen molar-refractivity contribution < 1.29 is 0 Å². The molecular formula is C48H37N. The highest BCUT2D eigenvalue weighted by atomic mass is 15.1. The molecule has 0 atom stereocenters. The lowest BCUT2D eigenvalue weighted by Crippen LogP contribution is -2.12. The summed E-state index contributed by atoms with van der Waals surface area (Å²) in [6, 6.07) is 67.9. The summed E-state index contributed by atoms with van der Waals surface area (Å²) in [7, 11) is 0. The molecule has 0 radical (unpaired) electrons. The summed E-state index contributed by atoms with van der Waals surface area (Å²) in [5.74, 6) is 0. The summed E-state index contributed by atoms with van der Waals surface area (Å²) in [4.78, 5) is 2.40. The van der Waals surface area contributed by atoms with Gasteiger partial charge < -0.3 is 4.90 Å². The highest BCUT2D eigenvalue weighted by Gasteiger charge is 2.18. The van der Waals surface area contributed by atoms with Crippen LogP contribution in [0.4, 0.5) is 17.1 Å². The van der Waals surface area contributed by atoms with E-state index < -0.39 is 0 Å². The monoisotopic (exact) mass is 627 g/mol. The molecule has 0 fully saturated rings. The van der Waals surface area contributed by atoms with Gasteiger partial charge in [-0.3, -0.25) is 0 Å². The molecule has 0 saturated carbocycles. The van der Waals surface area contributed by atoms with E-state index in [2.05, 4.69) is 207 Å². The van der Waals surface area contributed by atoms with E-state index in [1.165, 1.54) is 77.8 Å². The Balaban J connectivity index is 1.16. The van der Waals surface area contributed by atoms with Crippen LogP contribution >= 0.6 is 0 Å². The number of fused-ring (bicyclic) bond motifs is 1. The van der Waals surface area contributed by atoms with Crippen LogP contribution in [0.3, 0.4) is 0 Å². The standard InChI is InChI=1S/C48H37N/c1-34-32-42(36-12-5-3-6-13-36)26-30-47(34)49(48-31-27-43(33-35(48)2)37-14-7-4-8-15-37)44-28-24-39(25-29-44)38-20-22-41(23-21-38)46-19-11-17-40-16-9-10-18-45(40)46/h3-33H,1-2H3. The van der Waals surface area contributed by atoms with Gasteiger partial charge in [0.1, 0.15) is 0 Å². The molecule has 0 heterocycles. The maximum Gasteiger partial charge on any atom is 0.0491 e. The van der Waals surface area contributed by atoms with Crippen molar-refractivity contribution in [3.63, 3.8) is 0 Å². The van der Waals surface area contributed by atoms with Gasteiger partial charge in [0.2, 0.25) is 0 Å². The van der Waals surface area contributed by atoms with Crippen molar-refractivity contribution in [3.05, 3.63) is 199 Å². The highest BCUT2D eigenvalue weighted by molar-refractivity contribution is 5.97. The lowest BCUT2D eigenvalue weighted by molar-refractivity contribution is 1.23. The number of anilines is 3. The van der Waals surface area contributed by atoms with Crippen molar-refractivity contribution in [2.45, 2.75) is 13.8 Å². The Bertz CT molecular complexity index is 2280. The van der Waals surface area contributed by atoms with Crippen LogP contribution in [0.25, 0.3) is 55.3 Å². The molecule has 0 aliphatic rings. The lowest BCUT2D eigenvalue weighted by atomic mass is 9.96. The molecule has 0 saturated heterocycles. The first-order chi connectivity index (χ1) is 24.1. The average Bonchev–Trinajstić information content (AvgIpc) is 3.17. The molecule has 49 heavy (non-hydrogen) atoms. The lowest BCUT2D eigenvalue weighted by Gasteiger charge is -2.29. The topological polar surface area (TPSA) is 3.24 Å².